The molecule has 170 valence electrons. The zero-order chi connectivity index (χ0) is 23.3. The Labute approximate surface area is 193 Å². The molecule has 0 radical (unpaired) electrons. The molecule has 0 saturated heterocycles. The maximum Gasteiger partial charge on any atom is 0.242 e. The Balaban J connectivity index is 1.52. The Bertz CT molecular complexity index is 1150. The van der Waals surface area contributed by atoms with Crippen molar-refractivity contribution in [2.75, 3.05) is 14.1 Å². The predicted molar refractivity (Wildman–Crippen MR) is 125 cm³/mol. The third-order valence-electron chi connectivity index (χ3n) is 4.86. The number of nitrogens with zero attached hydrogens (tertiary/aromatic N) is 2. The molecule has 2 aromatic carbocycles. The molecule has 1 heterocycles. The molecule has 3 rings (SSSR count). The smallest absolute Gasteiger partial charge is 0.242 e. The summed E-state index contributed by atoms with van der Waals surface area (Å²) in [6, 6.07) is 14.1. The fraction of sp³-hybridized carbons (Fsp3) is 0.304. The molecular formula is C23H27N3O4S2. The van der Waals surface area contributed by atoms with Crippen LogP contribution in [-0.4, -0.2) is 37.7 Å². The lowest BCUT2D eigenvalue weighted by atomic mass is 10.1. The van der Waals surface area contributed by atoms with E-state index in [0.717, 1.165) is 16.3 Å². The second-order valence-electron chi connectivity index (χ2n) is 7.66. The summed E-state index contributed by atoms with van der Waals surface area (Å²) in [7, 11) is -0.495. The lowest BCUT2D eigenvalue weighted by molar-refractivity contribution is -0.121. The van der Waals surface area contributed by atoms with Crippen molar-refractivity contribution in [1.82, 2.24) is 14.6 Å². The molecule has 1 atom stereocenters. The van der Waals surface area contributed by atoms with Crippen molar-refractivity contribution in [1.29, 1.82) is 0 Å². The molecule has 0 aliphatic carbocycles. The van der Waals surface area contributed by atoms with Crippen molar-refractivity contribution < 1.29 is 17.9 Å². The average Bonchev–Trinajstić information content (AvgIpc) is 3.20. The van der Waals surface area contributed by atoms with Crippen LogP contribution < -0.4 is 10.1 Å². The molecule has 0 bridgehead atoms. The van der Waals surface area contributed by atoms with E-state index < -0.39 is 10.0 Å². The van der Waals surface area contributed by atoms with Crippen molar-refractivity contribution in [2.24, 2.45) is 0 Å². The molecule has 3 aromatic rings. The van der Waals surface area contributed by atoms with Gasteiger partial charge in [-0.05, 0) is 43.7 Å². The standard InChI is InChI=1S/C23H27N3O4S2/c1-16-5-9-20(10-6-16)30-14-23-25-19(15-31-23)13-22(27)24-17(2)18-7-11-21(12-8-18)32(28,29)26(3)4/h5-12,15,17H,13-14H2,1-4H3,(H,24,27). The normalized spacial score (nSPS) is 12.5. The van der Waals surface area contributed by atoms with Gasteiger partial charge in [0, 0.05) is 19.5 Å². The van der Waals surface area contributed by atoms with Gasteiger partial charge < -0.3 is 10.1 Å². The van der Waals surface area contributed by atoms with Gasteiger partial charge in [0.15, 0.2) is 0 Å². The van der Waals surface area contributed by atoms with Gasteiger partial charge in [0.1, 0.15) is 17.4 Å². The summed E-state index contributed by atoms with van der Waals surface area (Å²) in [5.74, 6) is 0.627. The van der Waals surface area contributed by atoms with E-state index in [1.165, 1.54) is 35.3 Å². The minimum absolute atomic E-state index is 0.154. The van der Waals surface area contributed by atoms with Crippen LogP contribution in [0.1, 0.15) is 34.8 Å². The van der Waals surface area contributed by atoms with E-state index in [1.54, 1.807) is 24.3 Å². The van der Waals surface area contributed by atoms with Crippen LogP contribution in [0, 0.1) is 6.92 Å². The van der Waals surface area contributed by atoms with Crippen LogP contribution in [0.25, 0.3) is 0 Å². The summed E-state index contributed by atoms with van der Waals surface area (Å²) in [6.07, 6.45) is 0.165. The summed E-state index contributed by atoms with van der Waals surface area (Å²) < 4.78 is 31.3. The molecule has 0 aliphatic rings. The van der Waals surface area contributed by atoms with Crippen molar-refractivity contribution in [2.45, 2.75) is 37.8 Å². The predicted octanol–water partition coefficient (Wildman–Crippen LogP) is 3.70. The van der Waals surface area contributed by atoms with E-state index in [1.807, 2.05) is 43.5 Å². The molecule has 0 fully saturated rings. The quantitative estimate of drug-likeness (QED) is 0.512. The van der Waals surface area contributed by atoms with Gasteiger partial charge in [-0.15, -0.1) is 11.3 Å². The van der Waals surface area contributed by atoms with Crippen LogP contribution >= 0.6 is 11.3 Å². The number of aryl methyl sites for hydroxylation is 1. The SMILES string of the molecule is Cc1ccc(OCc2nc(CC(=O)NC(C)c3ccc(S(=O)(=O)N(C)C)cc3)cs2)cc1. The number of hydrogen-bond acceptors (Lipinski definition) is 6. The molecule has 0 saturated carbocycles. The number of ether oxygens (including phenoxy) is 1. The van der Waals surface area contributed by atoms with Gasteiger partial charge in [0.2, 0.25) is 15.9 Å². The highest BCUT2D eigenvalue weighted by Gasteiger charge is 2.18. The molecule has 9 heteroatoms. The molecule has 32 heavy (non-hydrogen) atoms. The van der Waals surface area contributed by atoms with Gasteiger partial charge in [-0.1, -0.05) is 29.8 Å². The Morgan fingerprint density at radius 1 is 1.12 bits per heavy atom. The lowest BCUT2D eigenvalue weighted by Crippen LogP contribution is -2.28. The highest BCUT2D eigenvalue weighted by atomic mass is 32.2. The van der Waals surface area contributed by atoms with Crippen LogP contribution in [0.4, 0.5) is 0 Å². The number of nitrogens with one attached hydrogen (secondary N) is 1. The van der Waals surface area contributed by atoms with E-state index in [4.69, 9.17) is 4.74 Å². The minimum atomic E-state index is -3.48. The maximum absolute atomic E-state index is 12.5. The van der Waals surface area contributed by atoms with Crippen LogP contribution in [0.15, 0.2) is 58.8 Å². The number of rotatable bonds is 9. The number of sulfonamides is 1. The largest absolute Gasteiger partial charge is 0.486 e. The number of carbonyl (C=O) groups is 1. The van der Waals surface area contributed by atoms with Gasteiger partial charge in [0.25, 0.3) is 0 Å². The highest BCUT2D eigenvalue weighted by Crippen LogP contribution is 2.19. The Morgan fingerprint density at radius 3 is 2.41 bits per heavy atom. The van der Waals surface area contributed by atoms with E-state index in [9.17, 15) is 13.2 Å². The summed E-state index contributed by atoms with van der Waals surface area (Å²) >= 11 is 1.46. The topological polar surface area (TPSA) is 88.6 Å². The molecule has 1 unspecified atom stereocenters. The number of benzene rings is 2. The van der Waals surface area contributed by atoms with E-state index in [2.05, 4.69) is 10.3 Å². The van der Waals surface area contributed by atoms with Gasteiger partial charge >= 0.3 is 0 Å². The van der Waals surface area contributed by atoms with Gasteiger partial charge in [0.05, 0.1) is 23.1 Å². The Hall–Kier alpha value is -2.75. The fourth-order valence-electron chi connectivity index (χ4n) is 2.96. The van der Waals surface area contributed by atoms with Crippen molar-refractivity contribution >= 4 is 27.3 Å². The molecule has 0 aliphatic heterocycles. The highest BCUT2D eigenvalue weighted by molar-refractivity contribution is 7.89. The number of hydrogen-bond donors (Lipinski definition) is 1. The van der Waals surface area contributed by atoms with Gasteiger partial charge in [-0.25, -0.2) is 17.7 Å². The van der Waals surface area contributed by atoms with Gasteiger partial charge in [-0.2, -0.15) is 0 Å². The molecule has 1 N–H and O–H groups in total. The second kappa shape index (κ2) is 10.2. The number of carbonyl (C=O) groups excluding carboxylic acids is 1. The minimum Gasteiger partial charge on any atom is -0.486 e. The van der Waals surface area contributed by atoms with Crippen LogP contribution in [0.2, 0.25) is 0 Å². The third-order valence-corrected chi connectivity index (χ3v) is 7.56. The molecule has 7 nitrogen and oxygen atoms in total. The van der Waals surface area contributed by atoms with Crippen LogP contribution in [0.3, 0.4) is 0 Å². The summed E-state index contributed by atoms with van der Waals surface area (Å²) in [4.78, 5) is 17.1. The third kappa shape index (κ3) is 6.15. The molecular weight excluding hydrogens is 446 g/mol. The second-order valence-corrected chi connectivity index (χ2v) is 10.8. The first-order valence-corrected chi connectivity index (χ1v) is 12.4. The first kappa shape index (κ1) is 23.9. The number of amides is 1. The first-order valence-electron chi connectivity index (χ1n) is 10.1. The zero-order valence-electron chi connectivity index (χ0n) is 18.5. The van der Waals surface area contributed by atoms with Gasteiger partial charge in [-0.3, -0.25) is 4.79 Å². The Morgan fingerprint density at radius 2 is 1.78 bits per heavy atom. The molecule has 1 aromatic heterocycles. The average molecular weight is 474 g/mol. The van der Waals surface area contributed by atoms with Crippen molar-refractivity contribution in [3.8, 4) is 5.75 Å². The number of aromatic nitrogens is 1. The Kier molecular flexibility index (Phi) is 7.65. The zero-order valence-corrected chi connectivity index (χ0v) is 20.2. The summed E-state index contributed by atoms with van der Waals surface area (Å²) in [6.45, 7) is 4.23. The summed E-state index contributed by atoms with van der Waals surface area (Å²) in [5, 5.41) is 5.60. The monoisotopic (exact) mass is 473 g/mol. The van der Waals surface area contributed by atoms with E-state index in [0.29, 0.717) is 12.3 Å². The maximum atomic E-state index is 12.5. The molecule has 0 spiro atoms. The molecule has 1 amide bonds. The lowest BCUT2D eigenvalue weighted by Gasteiger charge is -2.16. The summed E-state index contributed by atoms with van der Waals surface area (Å²) in [5.41, 5.74) is 2.68. The van der Waals surface area contributed by atoms with Crippen molar-refractivity contribution in [3.63, 3.8) is 0 Å². The van der Waals surface area contributed by atoms with Crippen LogP contribution in [-0.2, 0) is 27.8 Å². The van der Waals surface area contributed by atoms with E-state index >= 15 is 0 Å². The van der Waals surface area contributed by atoms with Crippen molar-refractivity contribution in [3.05, 3.63) is 75.7 Å². The van der Waals surface area contributed by atoms with E-state index in [-0.39, 0.29) is 23.3 Å². The fourth-order valence-corrected chi connectivity index (χ4v) is 4.56. The number of thiazole rings is 1. The first-order chi connectivity index (χ1) is 15.1. The van der Waals surface area contributed by atoms with Crippen LogP contribution in [0.5, 0.6) is 5.75 Å².